The topological polar surface area (TPSA) is 35.5 Å². The van der Waals surface area contributed by atoms with Gasteiger partial charge in [0.2, 0.25) is 0 Å². The molecule has 0 bridgehead atoms. The Morgan fingerprint density at radius 3 is 2.25 bits per heavy atom. The predicted octanol–water partition coefficient (Wildman–Crippen LogP) is 4.32. The van der Waals surface area contributed by atoms with Crippen LogP contribution in [0.25, 0.3) is 0 Å². The summed E-state index contributed by atoms with van der Waals surface area (Å²) in [7, 11) is -2.86. The predicted molar refractivity (Wildman–Crippen MR) is 69.0 cm³/mol. The zero-order chi connectivity index (χ0) is 12.8. The van der Waals surface area contributed by atoms with Crippen molar-refractivity contribution in [3.05, 3.63) is 0 Å². The summed E-state index contributed by atoms with van der Waals surface area (Å²) >= 11 is 0. The summed E-state index contributed by atoms with van der Waals surface area (Å²) in [5, 5.41) is 0. The largest absolute Gasteiger partial charge is 0.327 e. The Hall–Kier alpha value is 0.150. The first kappa shape index (κ1) is 16.1. The fourth-order valence-electron chi connectivity index (χ4n) is 0.886. The molecule has 3 nitrogen and oxygen atoms in total. The molecular formula is C12H27O3P. The molecule has 0 spiro atoms. The van der Waals surface area contributed by atoms with Gasteiger partial charge in [0.05, 0.1) is 13.2 Å². The van der Waals surface area contributed by atoms with E-state index in [0.29, 0.717) is 19.1 Å². The van der Waals surface area contributed by atoms with Gasteiger partial charge in [-0.25, -0.2) is 0 Å². The van der Waals surface area contributed by atoms with Crippen LogP contribution >= 0.6 is 7.60 Å². The van der Waals surface area contributed by atoms with E-state index in [0.717, 1.165) is 12.8 Å². The molecule has 1 unspecified atom stereocenters. The van der Waals surface area contributed by atoms with Crippen molar-refractivity contribution in [1.82, 2.24) is 0 Å². The van der Waals surface area contributed by atoms with Crippen LogP contribution in [-0.2, 0) is 13.6 Å². The van der Waals surface area contributed by atoms with E-state index in [4.69, 9.17) is 9.05 Å². The van der Waals surface area contributed by atoms with Crippen molar-refractivity contribution >= 4 is 7.60 Å². The Morgan fingerprint density at radius 1 is 1.25 bits per heavy atom. The van der Waals surface area contributed by atoms with Crippen molar-refractivity contribution in [2.24, 2.45) is 11.3 Å². The molecule has 0 saturated heterocycles. The summed E-state index contributed by atoms with van der Waals surface area (Å²) in [6.07, 6.45) is 1.91. The highest BCUT2D eigenvalue weighted by atomic mass is 31.2. The van der Waals surface area contributed by atoms with E-state index < -0.39 is 7.60 Å². The Bertz CT molecular complexity index is 236. The van der Waals surface area contributed by atoms with Gasteiger partial charge in [0.1, 0.15) is 0 Å². The van der Waals surface area contributed by atoms with Crippen LogP contribution in [0.2, 0.25) is 0 Å². The maximum atomic E-state index is 11.9. The molecule has 0 aromatic rings. The van der Waals surface area contributed by atoms with Crippen LogP contribution in [0, 0.1) is 11.3 Å². The van der Waals surface area contributed by atoms with E-state index in [-0.39, 0.29) is 5.41 Å². The zero-order valence-corrected chi connectivity index (χ0v) is 12.5. The van der Waals surface area contributed by atoms with Gasteiger partial charge in [-0.05, 0) is 24.2 Å². The lowest BCUT2D eigenvalue weighted by atomic mass is 9.92. The highest BCUT2D eigenvalue weighted by Crippen LogP contribution is 2.45. The van der Waals surface area contributed by atoms with Crippen LogP contribution in [0.5, 0.6) is 0 Å². The van der Waals surface area contributed by atoms with Gasteiger partial charge in [0, 0.05) is 6.66 Å². The van der Waals surface area contributed by atoms with Gasteiger partial charge in [-0.1, -0.05) is 34.6 Å². The molecule has 0 saturated carbocycles. The van der Waals surface area contributed by atoms with Gasteiger partial charge >= 0.3 is 7.60 Å². The van der Waals surface area contributed by atoms with Crippen LogP contribution in [0.3, 0.4) is 0 Å². The number of rotatable bonds is 8. The molecule has 4 heteroatoms. The van der Waals surface area contributed by atoms with Crippen molar-refractivity contribution in [1.29, 1.82) is 0 Å². The number of hydrogen-bond donors (Lipinski definition) is 0. The summed E-state index contributed by atoms with van der Waals surface area (Å²) in [6.45, 7) is 13.1. The fourth-order valence-corrected chi connectivity index (χ4v) is 1.98. The first-order valence-corrected chi connectivity index (χ1v) is 8.04. The van der Waals surface area contributed by atoms with E-state index in [2.05, 4.69) is 34.6 Å². The maximum absolute atomic E-state index is 11.9. The van der Waals surface area contributed by atoms with E-state index in [1.807, 2.05) is 0 Å². The Kier molecular flexibility index (Phi) is 6.84. The lowest BCUT2D eigenvalue weighted by molar-refractivity contribution is 0.137. The Balaban J connectivity index is 3.92. The van der Waals surface area contributed by atoms with E-state index >= 15 is 0 Å². The van der Waals surface area contributed by atoms with Crippen molar-refractivity contribution in [2.75, 3.05) is 19.9 Å². The average molecular weight is 250 g/mol. The second-order valence-electron chi connectivity index (χ2n) is 5.58. The highest BCUT2D eigenvalue weighted by molar-refractivity contribution is 7.52. The molecule has 0 aromatic carbocycles. The smallest absolute Gasteiger partial charge is 0.309 e. The summed E-state index contributed by atoms with van der Waals surface area (Å²) in [4.78, 5) is 0. The zero-order valence-electron chi connectivity index (χ0n) is 11.6. The molecule has 1 atom stereocenters. The lowest BCUT2D eigenvalue weighted by Crippen LogP contribution is -2.17. The number of hydrogen-bond acceptors (Lipinski definition) is 3. The normalized spacial score (nSPS) is 16.4. The average Bonchev–Trinajstić information content (AvgIpc) is 2.14. The van der Waals surface area contributed by atoms with Gasteiger partial charge in [0.15, 0.2) is 0 Å². The van der Waals surface area contributed by atoms with Crippen molar-refractivity contribution in [2.45, 2.75) is 47.5 Å². The Labute approximate surface area is 100 Å². The molecule has 0 amide bonds. The molecule has 0 aliphatic carbocycles. The van der Waals surface area contributed by atoms with Crippen molar-refractivity contribution in [3.63, 3.8) is 0 Å². The van der Waals surface area contributed by atoms with E-state index in [1.54, 1.807) is 6.66 Å². The third kappa shape index (κ3) is 8.32. The molecule has 0 rings (SSSR count). The molecule has 0 aliphatic rings. The monoisotopic (exact) mass is 250 g/mol. The minimum Gasteiger partial charge on any atom is -0.309 e. The minimum absolute atomic E-state index is 0.0626. The first-order chi connectivity index (χ1) is 7.18. The van der Waals surface area contributed by atoms with Gasteiger partial charge in [-0.3, -0.25) is 4.57 Å². The van der Waals surface area contributed by atoms with Crippen LogP contribution in [-0.4, -0.2) is 19.9 Å². The van der Waals surface area contributed by atoms with Crippen molar-refractivity contribution < 1.29 is 13.6 Å². The molecule has 0 aromatic heterocycles. The van der Waals surface area contributed by atoms with Crippen LogP contribution in [0.15, 0.2) is 0 Å². The summed E-state index contributed by atoms with van der Waals surface area (Å²) in [5.41, 5.74) is 0.0626. The van der Waals surface area contributed by atoms with Gasteiger partial charge in [0.25, 0.3) is 0 Å². The van der Waals surface area contributed by atoms with Crippen molar-refractivity contribution in [3.8, 4) is 0 Å². The van der Waals surface area contributed by atoms with Gasteiger partial charge < -0.3 is 9.05 Å². The molecular weight excluding hydrogens is 223 g/mol. The molecule has 0 radical (unpaired) electrons. The van der Waals surface area contributed by atoms with Gasteiger partial charge in [-0.2, -0.15) is 0 Å². The summed E-state index contributed by atoms with van der Waals surface area (Å²) in [6, 6.07) is 0. The fraction of sp³-hybridized carbons (Fsp3) is 1.00. The second kappa shape index (κ2) is 6.78. The molecule has 0 aliphatic heterocycles. The highest BCUT2D eigenvalue weighted by Gasteiger charge is 2.23. The summed E-state index contributed by atoms with van der Waals surface area (Å²) < 4.78 is 22.6. The van der Waals surface area contributed by atoms with Crippen LogP contribution in [0.1, 0.15) is 47.5 Å². The minimum atomic E-state index is -2.86. The third-order valence-corrected chi connectivity index (χ3v) is 3.92. The van der Waals surface area contributed by atoms with Gasteiger partial charge in [-0.15, -0.1) is 0 Å². The SMILES string of the molecule is CCC(C)(C)COP(C)(=O)OCCC(C)C. The van der Waals surface area contributed by atoms with E-state index in [1.165, 1.54) is 0 Å². The van der Waals surface area contributed by atoms with Crippen LogP contribution in [0.4, 0.5) is 0 Å². The third-order valence-electron chi connectivity index (χ3n) is 2.67. The van der Waals surface area contributed by atoms with Crippen LogP contribution < -0.4 is 0 Å². The second-order valence-corrected chi connectivity index (χ2v) is 7.64. The van der Waals surface area contributed by atoms with E-state index in [9.17, 15) is 4.57 Å². The molecule has 0 fully saturated rings. The standard InChI is InChI=1S/C12H27O3P/c1-7-12(4,5)10-15-16(6,13)14-9-8-11(2)3/h11H,7-10H2,1-6H3. The first-order valence-electron chi connectivity index (χ1n) is 6.05. The molecule has 16 heavy (non-hydrogen) atoms. The molecule has 0 N–H and O–H groups in total. The maximum Gasteiger partial charge on any atom is 0.327 e. The Morgan fingerprint density at radius 2 is 1.81 bits per heavy atom. The summed E-state index contributed by atoms with van der Waals surface area (Å²) in [5.74, 6) is 0.562. The lowest BCUT2D eigenvalue weighted by Gasteiger charge is -2.24. The quantitative estimate of drug-likeness (QED) is 0.602. The molecule has 0 heterocycles. The molecule has 98 valence electrons.